The number of piperidine rings is 1. The van der Waals surface area contributed by atoms with Crippen molar-refractivity contribution in [2.24, 2.45) is 5.41 Å². The third-order valence-corrected chi connectivity index (χ3v) is 5.25. The number of likely N-dealkylation sites (tertiary alicyclic amines) is 2. The summed E-state index contributed by atoms with van der Waals surface area (Å²) in [6.45, 7) is 6.90. The van der Waals surface area contributed by atoms with Gasteiger partial charge in [-0.3, -0.25) is 14.6 Å². The molecule has 0 amide bonds. The van der Waals surface area contributed by atoms with Gasteiger partial charge in [-0.25, -0.2) is 4.98 Å². The molecule has 1 atom stereocenters. The van der Waals surface area contributed by atoms with E-state index in [0.717, 1.165) is 64.2 Å². The van der Waals surface area contributed by atoms with Crippen LogP contribution in [0.5, 0.6) is 0 Å². The van der Waals surface area contributed by atoms with Crippen molar-refractivity contribution in [1.29, 1.82) is 0 Å². The van der Waals surface area contributed by atoms with Gasteiger partial charge in [0.25, 0.3) is 0 Å². The molecule has 2 aliphatic rings. The molecule has 3 rings (SSSR count). The Kier molecular flexibility index (Phi) is 4.49. The van der Waals surface area contributed by atoms with Gasteiger partial charge in [-0.15, -0.1) is 0 Å². The van der Waals surface area contributed by atoms with Gasteiger partial charge >= 0.3 is 5.97 Å². The summed E-state index contributed by atoms with van der Waals surface area (Å²) in [4.78, 5) is 23.6. The number of aliphatic carboxylic acids is 1. The number of carboxylic acid groups (broad SMARTS) is 1. The maximum absolute atomic E-state index is 11.5. The Morgan fingerprint density at radius 1 is 1.50 bits per heavy atom. The average Bonchev–Trinajstić information content (AvgIpc) is 3.11. The molecule has 1 spiro atoms. The third kappa shape index (κ3) is 3.17. The van der Waals surface area contributed by atoms with E-state index in [1.165, 1.54) is 0 Å². The Balaban J connectivity index is 1.58. The van der Waals surface area contributed by atoms with E-state index < -0.39 is 5.97 Å². The summed E-state index contributed by atoms with van der Waals surface area (Å²) in [5.41, 5.74) is 0.206. The van der Waals surface area contributed by atoms with Crippen LogP contribution in [-0.4, -0.2) is 63.1 Å². The molecule has 0 aromatic carbocycles. The van der Waals surface area contributed by atoms with E-state index in [1.54, 1.807) is 6.20 Å². The van der Waals surface area contributed by atoms with Crippen molar-refractivity contribution in [3.05, 3.63) is 18.2 Å². The molecule has 3 heterocycles. The summed E-state index contributed by atoms with van der Waals surface area (Å²) in [5.74, 6) is 0.363. The van der Waals surface area contributed by atoms with Gasteiger partial charge in [0.15, 0.2) is 0 Å². The number of imidazole rings is 1. The number of H-pyrrole nitrogens is 1. The van der Waals surface area contributed by atoms with E-state index in [2.05, 4.69) is 26.7 Å². The standard InChI is InChI=1S/C16H26N4O2/c1-2-7-20-12-16(10-13(20)15(21)22)3-8-19(9-4-16)11-14-17-5-6-18-14/h5-6,13H,2-4,7-12H2,1H3,(H,17,18)(H,21,22)/t13-/m1/s1. The molecule has 122 valence electrons. The van der Waals surface area contributed by atoms with Gasteiger partial charge in [0.1, 0.15) is 11.9 Å². The molecule has 0 radical (unpaired) electrons. The predicted molar refractivity (Wildman–Crippen MR) is 83.4 cm³/mol. The number of nitrogens with one attached hydrogen (secondary N) is 1. The number of aromatic nitrogens is 2. The third-order valence-electron chi connectivity index (χ3n) is 5.25. The van der Waals surface area contributed by atoms with Crippen molar-refractivity contribution >= 4 is 5.97 Å². The van der Waals surface area contributed by atoms with Crippen molar-refractivity contribution < 1.29 is 9.90 Å². The summed E-state index contributed by atoms with van der Waals surface area (Å²) in [7, 11) is 0. The first kappa shape index (κ1) is 15.5. The lowest BCUT2D eigenvalue weighted by Crippen LogP contribution is -2.41. The van der Waals surface area contributed by atoms with Crippen molar-refractivity contribution in [1.82, 2.24) is 19.8 Å². The summed E-state index contributed by atoms with van der Waals surface area (Å²) in [5, 5.41) is 9.48. The Morgan fingerprint density at radius 2 is 2.27 bits per heavy atom. The normalized spacial score (nSPS) is 25.8. The second kappa shape index (κ2) is 6.38. The first-order chi connectivity index (χ1) is 10.6. The van der Waals surface area contributed by atoms with E-state index >= 15 is 0 Å². The highest BCUT2D eigenvalue weighted by molar-refractivity contribution is 5.74. The Hall–Kier alpha value is -1.40. The lowest BCUT2D eigenvalue weighted by molar-refractivity contribution is -0.142. The molecule has 0 bridgehead atoms. The molecule has 0 unspecified atom stereocenters. The summed E-state index contributed by atoms with van der Waals surface area (Å²) in [6, 6.07) is -0.281. The van der Waals surface area contributed by atoms with Crippen LogP contribution in [0, 0.1) is 5.41 Å². The fourth-order valence-corrected chi connectivity index (χ4v) is 4.05. The van der Waals surface area contributed by atoms with E-state index in [4.69, 9.17) is 0 Å². The van der Waals surface area contributed by atoms with E-state index in [9.17, 15) is 9.90 Å². The van der Waals surface area contributed by atoms with E-state index in [1.807, 2.05) is 6.20 Å². The average molecular weight is 306 g/mol. The second-order valence-corrected chi connectivity index (χ2v) is 6.84. The Bertz CT molecular complexity index is 494. The molecule has 22 heavy (non-hydrogen) atoms. The van der Waals surface area contributed by atoms with Crippen LogP contribution >= 0.6 is 0 Å². The van der Waals surface area contributed by atoms with Crippen LogP contribution in [0.25, 0.3) is 0 Å². The minimum Gasteiger partial charge on any atom is -0.480 e. The van der Waals surface area contributed by atoms with Crippen LogP contribution in [0.1, 0.15) is 38.4 Å². The van der Waals surface area contributed by atoms with E-state index in [0.29, 0.717) is 0 Å². The highest BCUT2D eigenvalue weighted by Gasteiger charge is 2.47. The Labute approximate surface area is 131 Å². The zero-order valence-corrected chi connectivity index (χ0v) is 13.3. The molecule has 6 heteroatoms. The van der Waals surface area contributed by atoms with E-state index in [-0.39, 0.29) is 11.5 Å². The topological polar surface area (TPSA) is 72.5 Å². The van der Waals surface area contributed by atoms with Crippen LogP contribution in [-0.2, 0) is 11.3 Å². The quantitative estimate of drug-likeness (QED) is 0.864. The van der Waals surface area contributed by atoms with Gasteiger partial charge in [-0.1, -0.05) is 6.92 Å². The minimum atomic E-state index is -0.650. The molecule has 1 aromatic rings. The first-order valence-corrected chi connectivity index (χ1v) is 8.29. The lowest BCUT2D eigenvalue weighted by Gasteiger charge is -2.39. The number of hydrogen-bond acceptors (Lipinski definition) is 4. The maximum atomic E-state index is 11.5. The highest BCUT2D eigenvalue weighted by atomic mass is 16.4. The Morgan fingerprint density at radius 3 is 2.86 bits per heavy atom. The van der Waals surface area contributed by atoms with Crippen LogP contribution in [0.15, 0.2) is 12.4 Å². The first-order valence-electron chi connectivity index (χ1n) is 8.29. The van der Waals surface area contributed by atoms with Crippen molar-refractivity contribution in [2.45, 2.75) is 45.2 Å². The summed E-state index contributed by atoms with van der Waals surface area (Å²) < 4.78 is 0. The number of rotatable bonds is 5. The SMILES string of the molecule is CCCN1CC2(CCN(Cc3ncc[nH]3)CC2)C[C@@H]1C(=O)O. The smallest absolute Gasteiger partial charge is 0.320 e. The summed E-state index contributed by atoms with van der Waals surface area (Å²) >= 11 is 0. The van der Waals surface area contributed by atoms with Gasteiger partial charge in [0.05, 0.1) is 6.54 Å². The number of nitrogens with zero attached hydrogens (tertiary/aromatic N) is 3. The van der Waals surface area contributed by atoms with Crippen LogP contribution in [0.2, 0.25) is 0 Å². The maximum Gasteiger partial charge on any atom is 0.320 e. The predicted octanol–water partition coefficient (Wildman–Crippen LogP) is 1.56. The van der Waals surface area contributed by atoms with Crippen LogP contribution in [0.4, 0.5) is 0 Å². The molecular formula is C16H26N4O2. The van der Waals surface area contributed by atoms with Gasteiger partial charge in [-0.2, -0.15) is 0 Å². The number of carboxylic acids is 1. The van der Waals surface area contributed by atoms with Gasteiger partial charge in [-0.05, 0) is 50.7 Å². The summed E-state index contributed by atoms with van der Waals surface area (Å²) in [6.07, 6.45) is 7.67. The van der Waals surface area contributed by atoms with Gasteiger partial charge < -0.3 is 10.1 Å². The molecular weight excluding hydrogens is 280 g/mol. The molecule has 2 aliphatic heterocycles. The zero-order valence-electron chi connectivity index (χ0n) is 13.3. The fraction of sp³-hybridized carbons (Fsp3) is 0.750. The molecule has 6 nitrogen and oxygen atoms in total. The van der Waals surface area contributed by atoms with Gasteiger partial charge in [0, 0.05) is 18.9 Å². The molecule has 2 fully saturated rings. The lowest BCUT2D eigenvalue weighted by atomic mass is 9.76. The highest BCUT2D eigenvalue weighted by Crippen LogP contribution is 2.43. The number of aromatic amines is 1. The van der Waals surface area contributed by atoms with Crippen LogP contribution < -0.4 is 0 Å². The monoisotopic (exact) mass is 306 g/mol. The molecule has 0 aliphatic carbocycles. The van der Waals surface area contributed by atoms with Crippen molar-refractivity contribution in [3.63, 3.8) is 0 Å². The minimum absolute atomic E-state index is 0.206. The number of hydrogen-bond donors (Lipinski definition) is 2. The molecule has 0 saturated carbocycles. The van der Waals surface area contributed by atoms with Crippen LogP contribution in [0.3, 0.4) is 0 Å². The van der Waals surface area contributed by atoms with Crippen molar-refractivity contribution in [3.8, 4) is 0 Å². The van der Waals surface area contributed by atoms with Gasteiger partial charge in [0.2, 0.25) is 0 Å². The molecule has 1 aromatic heterocycles. The molecule has 2 saturated heterocycles. The van der Waals surface area contributed by atoms with Crippen molar-refractivity contribution in [2.75, 3.05) is 26.2 Å². The molecule has 2 N–H and O–H groups in total. The largest absolute Gasteiger partial charge is 0.480 e. The fourth-order valence-electron chi connectivity index (χ4n) is 4.05. The number of carbonyl (C=O) groups is 1. The second-order valence-electron chi connectivity index (χ2n) is 6.84. The zero-order chi connectivity index (χ0) is 15.6.